The van der Waals surface area contributed by atoms with E-state index in [-0.39, 0.29) is 5.69 Å². The summed E-state index contributed by atoms with van der Waals surface area (Å²) in [5.41, 5.74) is 3.41. The number of benzene rings is 1. The summed E-state index contributed by atoms with van der Waals surface area (Å²) in [6.07, 6.45) is 5.74. The molecule has 0 saturated heterocycles. The average Bonchev–Trinajstić information content (AvgIpc) is 2.68. The van der Waals surface area contributed by atoms with E-state index in [1.54, 1.807) is 18.2 Å². The molecule has 6 heteroatoms. The fraction of sp³-hybridized carbons (Fsp3) is 0.385. The third-order valence-corrected chi connectivity index (χ3v) is 2.91. The summed E-state index contributed by atoms with van der Waals surface area (Å²) >= 11 is 0. The Morgan fingerprint density at radius 2 is 2.16 bits per heavy atom. The Hall–Kier alpha value is -2.24. The van der Waals surface area contributed by atoms with E-state index in [0.29, 0.717) is 5.56 Å². The molecule has 0 radical (unpaired) electrons. The molecule has 0 unspecified atom stereocenters. The molecule has 0 fully saturated rings. The molecule has 0 saturated carbocycles. The van der Waals surface area contributed by atoms with Crippen LogP contribution in [0.1, 0.15) is 31.2 Å². The van der Waals surface area contributed by atoms with Gasteiger partial charge in [0.15, 0.2) is 0 Å². The summed E-state index contributed by atoms with van der Waals surface area (Å²) in [6, 6.07) is 6.51. The number of hydrazone groups is 1. The molecule has 19 heavy (non-hydrogen) atoms. The first-order chi connectivity index (χ1) is 9.27. The zero-order valence-electron chi connectivity index (χ0n) is 10.6. The zero-order chi connectivity index (χ0) is 13.5. The van der Waals surface area contributed by atoms with Gasteiger partial charge in [-0.05, 0) is 18.9 Å². The van der Waals surface area contributed by atoms with Crippen LogP contribution < -0.4 is 5.43 Å². The molecule has 1 heterocycles. The number of nitrogens with zero attached hydrogens (tertiary/aromatic N) is 3. The molecule has 1 aromatic carbocycles. The number of aliphatic imine (C=N–C) groups is 1. The van der Waals surface area contributed by atoms with Crippen molar-refractivity contribution in [1.82, 2.24) is 5.43 Å². The normalized spacial score (nSPS) is 15.9. The van der Waals surface area contributed by atoms with Gasteiger partial charge in [-0.1, -0.05) is 18.6 Å². The molecular weight excluding hydrogens is 244 g/mol. The van der Waals surface area contributed by atoms with Crippen molar-refractivity contribution in [2.75, 3.05) is 6.54 Å². The number of hydrogen-bond acceptors (Lipinski definition) is 5. The van der Waals surface area contributed by atoms with Gasteiger partial charge in [0.1, 0.15) is 5.84 Å². The van der Waals surface area contributed by atoms with Gasteiger partial charge in [-0.2, -0.15) is 5.10 Å². The minimum absolute atomic E-state index is 0.0517. The number of para-hydroxylation sites is 1. The maximum Gasteiger partial charge on any atom is 0.278 e. The van der Waals surface area contributed by atoms with E-state index in [9.17, 15) is 10.1 Å². The quantitative estimate of drug-likeness (QED) is 0.515. The first-order valence-electron chi connectivity index (χ1n) is 6.33. The highest BCUT2D eigenvalue weighted by Crippen LogP contribution is 2.15. The van der Waals surface area contributed by atoms with Gasteiger partial charge >= 0.3 is 0 Å². The van der Waals surface area contributed by atoms with Gasteiger partial charge in [-0.15, -0.1) is 0 Å². The van der Waals surface area contributed by atoms with Crippen LogP contribution in [0.3, 0.4) is 0 Å². The lowest BCUT2D eigenvalue weighted by Gasteiger charge is -2.02. The zero-order valence-corrected chi connectivity index (χ0v) is 10.6. The van der Waals surface area contributed by atoms with E-state index in [0.717, 1.165) is 31.6 Å². The van der Waals surface area contributed by atoms with Crippen molar-refractivity contribution in [3.05, 3.63) is 39.9 Å². The second-order valence-electron chi connectivity index (χ2n) is 4.33. The van der Waals surface area contributed by atoms with E-state index in [2.05, 4.69) is 15.5 Å². The topological polar surface area (TPSA) is 79.9 Å². The van der Waals surface area contributed by atoms with E-state index >= 15 is 0 Å². The van der Waals surface area contributed by atoms with Crippen LogP contribution in [0.5, 0.6) is 0 Å². The smallest absolute Gasteiger partial charge is 0.271 e. The molecule has 0 spiro atoms. The van der Waals surface area contributed by atoms with E-state index < -0.39 is 4.92 Å². The van der Waals surface area contributed by atoms with Gasteiger partial charge < -0.3 is 0 Å². The summed E-state index contributed by atoms with van der Waals surface area (Å²) in [5.74, 6) is 0.854. The molecule has 0 aromatic heterocycles. The molecule has 0 atom stereocenters. The van der Waals surface area contributed by atoms with E-state index in [1.807, 2.05) is 0 Å². The second-order valence-corrected chi connectivity index (χ2v) is 4.33. The summed E-state index contributed by atoms with van der Waals surface area (Å²) in [6.45, 7) is 0.823. The van der Waals surface area contributed by atoms with Crippen LogP contribution in [-0.2, 0) is 0 Å². The van der Waals surface area contributed by atoms with Gasteiger partial charge in [-0.25, -0.2) is 0 Å². The molecule has 1 N–H and O–H groups in total. The number of nitrogens with one attached hydrogen (secondary N) is 1. The number of amidine groups is 1. The molecule has 0 aliphatic carbocycles. The van der Waals surface area contributed by atoms with Crippen molar-refractivity contribution in [3.63, 3.8) is 0 Å². The van der Waals surface area contributed by atoms with Crippen molar-refractivity contribution in [1.29, 1.82) is 0 Å². The van der Waals surface area contributed by atoms with Crippen molar-refractivity contribution in [3.8, 4) is 0 Å². The lowest BCUT2D eigenvalue weighted by atomic mass is 10.2. The minimum atomic E-state index is -0.412. The van der Waals surface area contributed by atoms with E-state index in [4.69, 9.17) is 0 Å². The summed E-state index contributed by atoms with van der Waals surface area (Å²) < 4.78 is 0. The Kier molecular flexibility index (Phi) is 4.60. The lowest BCUT2D eigenvalue weighted by Crippen LogP contribution is -2.17. The second kappa shape index (κ2) is 6.63. The number of hydrogen-bond donors (Lipinski definition) is 1. The highest BCUT2D eigenvalue weighted by atomic mass is 16.6. The predicted molar refractivity (Wildman–Crippen MR) is 74.6 cm³/mol. The molecule has 100 valence electrons. The van der Waals surface area contributed by atoms with Crippen molar-refractivity contribution in [2.45, 2.75) is 25.7 Å². The lowest BCUT2D eigenvalue weighted by molar-refractivity contribution is -0.385. The van der Waals surface area contributed by atoms with Crippen LogP contribution in [0, 0.1) is 10.1 Å². The molecule has 1 aliphatic heterocycles. The molecule has 0 amide bonds. The van der Waals surface area contributed by atoms with Crippen molar-refractivity contribution < 1.29 is 4.92 Å². The van der Waals surface area contributed by atoms with Crippen LogP contribution in [0.25, 0.3) is 0 Å². The first-order valence-corrected chi connectivity index (χ1v) is 6.33. The van der Waals surface area contributed by atoms with Gasteiger partial charge in [0.25, 0.3) is 5.69 Å². The van der Waals surface area contributed by atoms with Crippen LogP contribution in [0.4, 0.5) is 5.69 Å². The average molecular weight is 260 g/mol. The molecule has 6 nitrogen and oxygen atoms in total. The summed E-state index contributed by atoms with van der Waals surface area (Å²) in [5, 5.41) is 14.9. The third kappa shape index (κ3) is 3.87. The predicted octanol–water partition coefficient (Wildman–Crippen LogP) is 2.49. The standard InChI is InChI=1S/C13H16N4O2/c18-17(19)12-7-4-3-6-11(12)10-15-16-13-8-2-1-5-9-14-13/h3-4,6-7,10H,1-2,5,8-9H2,(H,14,16)/b15-10+. The molecule has 1 aliphatic rings. The highest BCUT2D eigenvalue weighted by Gasteiger charge is 2.10. The van der Waals surface area contributed by atoms with E-state index in [1.165, 1.54) is 18.7 Å². The maximum atomic E-state index is 10.8. The van der Waals surface area contributed by atoms with Gasteiger partial charge in [0.2, 0.25) is 0 Å². The number of nitro benzene ring substituents is 1. The Morgan fingerprint density at radius 3 is 3.00 bits per heavy atom. The fourth-order valence-corrected chi connectivity index (χ4v) is 1.90. The van der Waals surface area contributed by atoms with Crippen LogP contribution in [0.15, 0.2) is 34.4 Å². The summed E-state index contributed by atoms with van der Waals surface area (Å²) in [4.78, 5) is 14.8. The summed E-state index contributed by atoms with van der Waals surface area (Å²) in [7, 11) is 0. The van der Waals surface area contributed by atoms with Gasteiger partial charge in [-0.3, -0.25) is 20.5 Å². The number of rotatable bonds is 3. The molecule has 2 rings (SSSR count). The molecule has 1 aromatic rings. The Balaban J connectivity index is 2.02. The first kappa shape index (κ1) is 13.2. The van der Waals surface area contributed by atoms with Crippen molar-refractivity contribution >= 4 is 17.7 Å². The van der Waals surface area contributed by atoms with Crippen LogP contribution >= 0.6 is 0 Å². The molecular formula is C13H16N4O2. The number of nitro groups is 1. The van der Waals surface area contributed by atoms with Crippen LogP contribution in [0.2, 0.25) is 0 Å². The Bertz CT molecular complexity index is 511. The Labute approximate surface area is 111 Å². The maximum absolute atomic E-state index is 10.8. The van der Waals surface area contributed by atoms with Crippen molar-refractivity contribution in [2.24, 2.45) is 10.1 Å². The third-order valence-electron chi connectivity index (χ3n) is 2.91. The van der Waals surface area contributed by atoms with Gasteiger partial charge in [0.05, 0.1) is 16.7 Å². The Morgan fingerprint density at radius 1 is 1.32 bits per heavy atom. The highest BCUT2D eigenvalue weighted by molar-refractivity contribution is 5.87. The minimum Gasteiger partial charge on any atom is -0.271 e. The fourth-order valence-electron chi connectivity index (χ4n) is 1.90. The monoisotopic (exact) mass is 260 g/mol. The van der Waals surface area contributed by atoms with Gasteiger partial charge in [0, 0.05) is 19.0 Å². The SMILES string of the molecule is O=[N+]([O-])c1ccccc1/C=N/NC1=NCCCCC1. The molecule has 0 bridgehead atoms. The van der Waals surface area contributed by atoms with Crippen LogP contribution in [-0.4, -0.2) is 23.5 Å². The largest absolute Gasteiger partial charge is 0.278 e.